The van der Waals surface area contributed by atoms with Gasteiger partial charge in [-0.3, -0.25) is 4.79 Å². The molecule has 0 amide bonds. The number of pyridine rings is 2. The maximum atomic E-state index is 13.0. The van der Waals surface area contributed by atoms with Crippen LogP contribution in [-0.4, -0.2) is 49.0 Å². The van der Waals surface area contributed by atoms with Crippen LogP contribution in [0.5, 0.6) is 0 Å². The highest BCUT2D eigenvalue weighted by molar-refractivity contribution is 5.93. The molecule has 3 aromatic heterocycles. The lowest BCUT2D eigenvalue weighted by Crippen LogP contribution is -2.24. The highest BCUT2D eigenvalue weighted by Gasteiger charge is 2.25. The van der Waals surface area contributed by atoms with Crippen LogP contribution in [0.2, 0.25) is 0 Å². The first-order chi connectivity index (χ1) is 14.1. The van der Waals surface area contributed by atoms with Gasteiger partial charge in [0.25, 0.3) is 5.56 Å². The van der Waals surface area contributed by atoms with Crippen molar-refractivity contribution in [1.29, 1.82) is 0 Å². The zero-order valence-electron chi connectivity index (χ0n) is 16.0. The van der Waals surface area contributed by atoms with E-state index in [1.54, 1.807) is 18.6 Å². The number of nitrogens with one attached hydrogen (secondary N) is 1. The van der Waals surface area contributed by atoms with Gasteiger partial charge in [-0.1, -0.05) is 0 Å². The number of aliphatic hydroxyl groups excluding tert-OH is 2. The van der Waals surface area contributed by atoms with E-state index in [0.717, 1.165) is 24.6 Å². The summed E-state index contributed by atoms with van der Waals surface area (Å²) in [6.45, 7) is 0.263. The van der Waals surface area contributed by atoms with Crippen molar-refractivity contribution in [2.24, 2.45) is 5.92 Å². The predicted molar refractivity (Wildman–Crippen MR) is 110 cm³/mol. The van der Waals surface area contributed by atoms with Gasteiger partial charge in [0.2, 0.25) is 5.95 Å². The largest absolute Gasteiger partial charge is 0.396 e. The molecule has 0 unspecified atom stereocenters. The van der Waals surface area contributed by atoms with Crippen LogP contribution < -0.4 is 16.6 Å². The summed E-state index contributed by atoms with van der Waals surface area (Å²) in [6.07, 6.45) is 7.54. The van der Waals surface area contributed by atoms with E-state index < -0.39 is 0 Å². The van der Waals surface area contributed by atoms with E-state index in [4.69, 9.17) is 10.7 Å². The summed E-state index contributed by atoms with van der Waals surface area (Å²) < 4.78 is 1.48. The van der Waals surface area contributed by atoms with Crippen LogP contribution in [0.4, 0.5) is 11.8 Å². The second-order valence-corrected chi connectivity index (χ2v) is 7.39. The van der Waals surface area contributed by atoms with Crippen molar-refractivity contribution in [3.8, 4) is 11.3 Å². The fourth-order valence-electron chi connectivity index (χ4n) is 3.87. The minimum Gasteiger partial charge on any atom is -0.396 e. The Hall–Kier alpha value is -3.04. The number of fused-ring (bicyclic) bond motifs is 1. The molecule has 2 atom stereocenters. The minimum absolute atomic E-state index is 0.122. The molecule has 1 aliphatic rings. The molecule has 4 rings (SSSR count). The summed E-state index contributed by atoms with van der Waals surface area (Å²) in [4.78, 5) is 25.8. The van der Waals surface area contributed by atoms with Crippen LogP contribution in [0.3, 0.4) is 0 Å². The van der Waals surface area contributed by atoms with Gasteiger partial charge in [0.05, 0.1) is 17.7 Å². The van der Waals surface area contributed by atoms with Crippen LogP contribution >= 0.6 is 0 Å². The summed E-state index contributed by atoms with van der Waals surface area (Å²) in [6, 6.07) is 3.80. The first-order valence-electron chi connectivity index (χ1n) is 9.69. The first-order valence-corrected chi connectivity index (χ1v) is 9.69. The maximum Gasteiger partial charge on any atom is 0.262 e. The molecule has 1 aliphatic carbocycles. The van der Waals surface area contributed by atoms with Crippen molar-refractivity contribution in [2.45, 2.75) is 31.8 Å². The van der Waals surface area contributed by atoms with Gasteiger partial charge in [0.1, 0.15) is 5.82 Å². The van der Waals surface area contributed by atoms with Gasteiger partial charge in [-0.25, -0.2) is 15.0 Å². The first kappa shape index (κ1) is 19.3. The van der Waals surface area contributed by atoms with E-state index in [-0.39, 0.29) is 43.2 Å². The minimum atomic E-state index is -0.205. The van der Waals surface area contributed by atoms with Crippen LogP contribution in [0.1, 0.15) is 19.3 Å². The second-order valence-electron chi connectivity index (χ2n) is 7.39. The number of aliphatic hydroxyl groups is 2. The fourth-order valence-corrected chi connectivity index (χ4v) is 3.87. The standard InChI is InChI=1S/C20H24N6O3/c21-20-22-9-14(10-23-20)16-8-13-3-4-26(5-6-27)19(29)17(13)18(25-16)24-15-2-1-12(7-15)11-28/h3-4,8-10,12,15,27-28H,1-2,5-7,11H2,(H,24,25)(H2,21,22,23)/t12-,15+/m1/s1. The Morgan fingerprint density at radius 1 is 1.24 bits per heavy atom. The number of nitrogens with two attached hydrogens (primary N) is 1. The van der Waals surface area contributed by atoms with Gasteiger partial charge < -0.3 is 25.8 Å². The Labute approximate surface area is 167 Å². The molecule has 1 saturated carbocycles. The van der Waals surface area contributed by atoms with Crippen molar-refractivity contribution in [3.05, 3.63) is 41.1 Å². The highest BCUT2D eigenvalue weighted by atomic mass is 16.3. The van der Waals surface area contributed by atoms with E-state index >= 15 is 0 Å². The lowest BCUT2D eigenvalue weighted by atomic mass is 10.1. The third-order valence-corrected chi connectivity index (χ3v) is 5.41. The van der Waals surface area contributed by atoms with E-state index in [2.05, 4.69) is 15.3 Å². The molecular weight excluding hydrogens is 372 g/mol. The van der Waals surface area contributed by atoms with E-state index in [9.17, 15) is 15.0 Å². The zero-order valence-corrected chi connectivity index (χ0v) is 16.0. The molecule has 5 N–H and O–H groups in total. The molecule has 0 saturated heterocycles. The molecule has 3 heterocycles. The van der Waals surface area contributed by atoms with Gasteiger partial charge in [0, 0.05) is 43.3 Å². The molecule has 9 heteroatoms. The SMILES string of the molecule is Nc1ncc(-c2cc3ccn(CCO)c(=O)c3c(N[C@H]3CC[C@@H](CO)C3)n2)cn1. The van der Waals surface area contributed by atoms with Crippen molar-refractivity contribution >= 4 is 22.5 Å². The normalized spacial score (nSPS) is 19.0. The van der Waals surface area contributed by atoms with Crippen molar-refractivity contribution in [1.82, 2.24) is 19.5 Å². The predicted octanol–water partition coefficient (Wildman–Crippen LogP) is 1.00. The number of hydrogen-bond donors (Lipinski definition) is 4. The Morgan fingerprint density at radius 2 is 2.03 bits per heavy atom. The lowest BCUT2D eigenvalue weighted by molar-refractivity contribution is 0.229. The number of anilines is 2. The highest BCUT2D eigenvalue weighted by Crippen LogP contribution is 2.31. The van der Waals surface area contributed by atoms with E-state index in [1.807, 2.05) is 12.1 Å². The maximum absolute atomic E-state index is 13.0. The number of hydrogen-bond acceptors (Lipinski definition) is 8. The van der Waals surface area contributed by atoms with Crippen LogP contribution in [-0.2, 0) is 6.54 Å². The van der Waals surface area contributed by atoms with Gasteiger partial charge >= 0.3 is 0 Å². The van der Waals surface area contributed by atoms with E-state index in [0.29, 0.717) is 22.5 Å². The number of nitrogen functional groups attached to an aromatic ring is 1. The number of aromatic nitrogens is 4. The third kappa shape index (κ3) is 3.92. The van der Waals surface area contributed by atoms with Gasteiger partial charge in [0.15, 0.2) is 0 Å². The van der Waals surface area contributed by atoms with Crippen molar-refractivity contribution in [2.75, 3.05) is 24.3 Å². The molecule has 0 aliphatic heterocycles. The van der Waals surface area contributed by atoms with Gasteiger partial charge in [-0.15, -0.1) is 0 Å². The Balaban J connectivity index is 1.82. The molecule has 3 aromatic rings. The molecule has 1 fully saturated rings. The Kier molecular flexibility index (Phi) is 5.41. The second kappa shape index (κ2) is 8.14. The third-order valence-electron chi connectivity index (χ3n) is 5.41. The topological polar surface area (TPSA) is 139 Å². The summed E-state index contributed by atoms with van der Waals surface area (Å²) in [5.41, 5.74) is 6.71. The molecule has 29 heavy (non-hydrogen) atoms. The number of rotatable bonds is 6. The molecule has 0 bridgehead atoms. The molecule has 152 valence electrons. The smallest absolute Gasteiger partial charge is 0.262 e. The van der Waals surface area contributed by atoms with Crippen LogP contribution in [0.25, 0.3) is 22.0 Å². The monoisotopic (exact) mass is 396 g/mol. The lowest BCUT2D eigenvalue weighted by Gasteiger charge is -2.17. The fraction of sp³-hybridized carbons (Fsp3) is 0.400. The van der Waals surface area contributed by atoms with Crippen LogP contribution in [0.15, 0.2) is 35.5 Å². The van der Waals surface area contributed by atoms with Crippen molar-refractivity contribution < 1.29 is 10.2 Å². The zero-order chi connectivity index (χ0) is 20.4. The number of nitrogens with zero attached hydrogens (tertiary/aromatic N) is 4. The average molecular weight is 396 g/mol. The average Bonchev–Trinajstić information content (AvgIpc) is 3.18. The Bertz CT molecular complexity index is 1070. The molecular formula is C20H24N6O3. The molecule has 9 nitrogen and oxygen atoms in total. The molecule has 0 radical (unpaired) electrons. The van der Waals surface area contributed by atoms with Gasteiger partial charge in [-0.05, 0) is 42.7 Å². The molecule has 0 spiro atoms. The van der Waals surface area contributed by atoms with Crippen LogP contribution in [0, 0.1) is 5.92 Å². The Morgan fingerprint density at radius 3 is 2.72 bits per heavy atom. The summed E-state index contributed by atoms with van der Waals surface area (Å²) in [5, 5.41) is 23.3. The van der Waals surface area contributed by atoms with E-state index in [1.165, 1.54) is 4.57 Å². The van der Waals surface area contributed by atoms with Crippen molar-refractivity contribution in [3.63, 3.8) is 0 Å². The quantitative estimate of drug-likeness (QED) is 0.484. The summed E-state index contributed by atoms with van der Waals surface area (Å²) in [7, 11) is 0. The summed E-state index contributed by atoms with van der Waals surface area (Å²) >= 11 is 0. The van der Waals surface area contributed by atoms with Gasteiger partial charge in [-0.2, -0.15) is 0 Å². The summed E-state index contributed by atoms with van der Waals surface area (Å²) in [5.74, 6) is 0.939. The molecule has 0 aromatic carbocycles.